The molecule has 1 fully saturated rings. The molecule has 0 aliphatic heterocycles. The highest BCUT2D eigenvalue weighted by Crippen LogP contribution is 2.28. The van der Waals surface area contributed by atoms with Crippen LogP contribution in [0, 0.1) is 5.92 Å². The van der Waals surface area contributed by atoms with E-state index in [0.717, 1.165) is 23.9 Å². The molecule has 0 amide bonds. The molecule has 1 aromatic rings. The van der Waals surface area contributed by atoms with Crippen LogP contribution in [-0.4, -0.2) is 12.6 Å². The van der Waals surface area contributed by atoms with Crippen molar-refractivity contribution in [3.63, 3.8) is 0 Å². The van der Waals surface area contributed by atoms with Gasteiger partial charge in [0, 0.05) is 17.1 Å². The van der Waals surface area contributed by atoms with E-state index in [0.29, 0.717) is 12.0 Å². The van der Waals surface area contributed by atoms with Crippen molar-refractivity contribution < 1.29 is 4.74 Å². The summed E-state index contributed by atoms with van der Waals surface area (Å²) in [6.45, 7) is 6.25. The molecule has 19 heavy (non-hydrogen) atoms. The van der Waals surface area contributed by atoms with Crippen molar-refractivity contribution in [2.45, 2.75) is 52.2 Å². The standard InChI is InChI=1S/C16H24ClNO/c1-12(2)10-18-11-13-9-14(17)7-8-16(13)19-15-5-3-4-6-15/h7-9,12,15,18H,3-6,10-11H2,1-2H3. The van der Waals surface area contributed by atoms with Crippen molar-refractivity contribution in [1.82, 2.24) is 5.32 Å². The number of rotatable bonds is 6. The second kappa shape index (κ2) is 7.16. The lowest BCUT2D eigenvalue weighted by atomic mass is 10.1. The number of hydrogen-bond donors (Lipinski definition) is 1. The minimum Gasteiger partial charge on any atom is -0.490 e. The first-order chi connectivity index (χ1) is 9.15. The number of hydrogen-bond acceptors (Lipinski definition) is 2. The SMILES string of the molecule is CC(C)CNCc1cc(Cl)ccc1OC1CCCC1. The lowest BCUT2D eigenvalue weighted by molar-refractivity contribution is 0.207. The highest BCUT2D eigenvalue weighted by atomic mass is 35.5. The Morgan fingerprint density at radius 1 is 1.32 bits per heavy atom. The van der Waals surface area contributed by atoms with Crippen molar-refractivity contribution in [3.05, 3.63) is 28.8 Å². The maximum Gasteiger partial charge on any atom is 0.124 e. The second-order valence-corrected chi connectivity index (χ2v) is 6.24. The van der Waals surface area contributed by atoms with Gasteiger partial charge in [-0.3, -0.25) is 0 Å². The quantitative estimate of drug-likeness (QED) is 0.834. The summed E-state index contributed by atoms with van der Waals surface area (Å²) in [5.74, 6) is 1.64. The molecule has 2 nitrogen and oxygen atoms in total. The van der Waals surface area contributed by atoms with E-state index in [-0.39, 0.29) is 0 Å². The lowest BCUT2D eigenvalue weighted by Gasteiger charge is -2.17. The van der Waals surface area contributed by atoms with E-state index in [9.17, 15) is 0 Å². The zero-order chi connectivity index (χ0) is 13.7. The number of halogens is 1. The van der Waals surface area contributed by atoms with Gasteiger partial charge in [0.2, 0.25) is 0 Å². The van der Waals surface area contributed by atoms with E-state index >= 15 is 0 Å². The van der Waals surface area contributed by atoms with E-state index < -0.39 is 0 Å². The number of benzene rings is 1. The first kappa shape index (κ1) is 14.7. The Hall–Kier alpha value is -0.730. The van der Waals surface area contributed by atoms with Crippen LogP contribution in [0.15, 0.2) is 18.2 Å². The molecule has 0 saturated heterocycles. The molecule has 0 spiro atoms. The molecule has 0 atom stereocenters. The molecule has 0 aromatic heterocycles. The van der Waals surface area contributed by atoms with Crippen molar-refractivity contribution in [2.24, 2.45) is 5.92 Å². The first-order valence-electron chi connectivity index (χ1n) is 7.31. The fraction of sp³-hybridized carbons (Fsp3) is 0.625. The van der Waals surface area contributed by atoms with Gasteiger partial charge >= 0.3 is 0 Å². The minimum absolute atomic E-state index is 0.394. The Labute approximate surface area is 121 Å². The molecule has 0 heterocycles. The first-order valence-corrected chi connectivity index (χ1v) is 7.68. The van der Waals surface area contributed by atoms with Gasteiger partial charge in [-0.1, -0.05) is 25.4 Å². The van der Waals surface area contributed by atoms with Crippen LogP contribution < -0.4 is 10.1 Å². The van der Waals surface area contributed by atoms with Gasteiger partial charge < -0.3 is 10.1 Å². The van der Waals surface area contributed by atoms with Crippen molar-refractivity contribution >= 4 is 11.6 Å². The van der Waals surface area contributed by atoms with Gasteiger partial charge in [0.25, 0.3) is 0 Å². The summed E-state index contributed by atoms with van der Waals surface area (Å²) in [4.78, 5) is 0. The molecular formula is C16H24ClNO. The van der Waals surface area contributed by atoms with Crippen LogP contribution in [0.4, 0.5) is 0 Å². The third-order valence-corrected chi connectivity index (χ3v) is 3.72. The van der Waals surface area contributed by atoms with Crippen LogP contribution in [0.3, 0.4) is 0 Å². The highest BCUT2D eigenvalue weighted by molar-refractivity contribution is 6.30. The van der Waals surface area contributed by atoms with Gasteiger partial charge in [-0.2, -0.15) is 0 Å². The third-order valence-electron chi connectivity index (χ3n) is 3.49. The predicted octanol–water partition coefficient (Wildman–Crippen LogP) is 4.41. The molecule has 0 bridgehead atoms. The Balaban J connectivity index is 1.99. The summed E-state index contributed by atoms with van der Waals surface area (Å²) < 4.78 is 6.12. The Morgan fingerprint density at radius 3 is 2.74 bits per heavy atom. The summed E-state index contributed by atoms with van der Waals surface area (Å²) in [7, 11) is 0. The second-order valence-electron chi connectivity index (χ2n) is 5.80. The maximum absolute atomic E-state index is 6.12. The molecule has 0 radical (unpaired) electrons. The smallest absolute Gasteiger partial charge is 0.124 e. The number of nitrogens with one attached hydrogen (secondary N) is 1. The number of ether oxygens (including phenoxy) is 1. The zero-order valence-electron chi connectivity index (χ0n) is 11.9. The zero-order valence-corrected chi connectivity index (χ0v) is 12.7. The molecule has 106 valence electrons. The van der Waals surface area contributed by atoms with E-state index in [1.54, 1.807) is 0 Å². The van der Waals surface area contributed by atoms with Gasteiger partial charge in [0.1, 0.15) is 5.75 Å². The minimum atomic E-state index is 0.394. The summed E-state index contributed by atoms with van der Waals surface area (Å²) in [5.41, 5.74) is 1.17. The fourth-order valence-corrected chi connectivity index (χ4v) is 2.68. The molecule has 2 rings (SSSR count). The monoisotopic (exact) mass is 281 g/mol. The van der Waals surface area contributed by atoms with Crippen molar-refractivity contribution in [2.75, 3.05) is 6.54 Å². The van der Waals surface area contributed by atoms with Gasteiger partial charge in [-0.15, -0.1) is 0 Å². The largest absolute Gasteiger partial charge is 0.490 e. The third kappa shape index (κ3) is 4.70. The summed E-state index contributed by atoms with van der Waals surface area (Å²) in [6, 6.07) is 5.93. The average molecular weight is 282 g/mol. The topological polar surface area (TPSA) is 21.3 Å². The van der Waals surface area contributed by atoms with Gasteiger partial charge in [0.05, 0.1) is 6.10 Å². The highest BCUT2D eigenvalue weighted by Gasteiger charge is 2.18. The van der Waals surface area contributed by atoms with Gasteiger partial charge in [-0.25, -0.2) is 0 Å². The van der Waals surface area contributed by atoms with Crippen molar-refractivity contribution in [1.29, 1.82) is 0 Å². The van der Waals surface area contributed by atoms with Crippen molar-refractivity contribution in [3.8, 4) is 5.75 Å². The molecule has 1 aliphatic carbocycles. The van der Waals surface area contributed by atoms with Crippen LogP contribution in [0.25, 0.3) is 0 Å². The predicted molar refractivity (Wildman–Crippen MR) is 80.9 cm³/mol. The molecular weight excluding hydrogens is 258 g/mol. The van der Waals surface area contributed by atoms with Crippen LogP contribution in [0.2, 0.25) is 5.02 Å². The fourth-order valence-electron chi connectivity index (χ4n) is 2.48. The summed E-state index contributed by atoms with van der Waals surface area (Å²) >= 11 is 6.09. The van der Waals surface area contributed by atoms with Crippen LogP contribution >= 0.6 is 11.6 Å². The Bertz CT molecular complexity index is 400. The lowest BCUT2D eigenvalue weighted by Crippen LogP contribution is -2.20. The normalized spacial score (nSPS) is 16.2. The molecule has 3 heteroatoms. The van der Waals surface area contributed by atoms with E-state index in [1.165, 1.54) is 31.2 Å². The molecule has 0 unspecified atom stereocenters. The van der Waals surface area contributed by atoms with E-state index in [4.69, 9.17) is 16.3 Å². The van der Waals surface area contributed by atoms with Crippen LogP contribution in [-0.2, 0) is 6.54 Å². The molecule has 1 aromatic carbocycles. The molecule has 1 saturated carbocycles. The van der Waals surface area contributed by atoms with Crippen LogP contribution in [0.5, 0.6) is 5.75 Å². The summed E-state index contributed by atoms with van der Waals surface area (Å²) in [5, 5.41) is 4.23. The molecule has 1 N–H and O–H groups in total. The van der Waals surface area contributed by atoms with E-state index in [1.807, 2.05) is 18.2 Å². The molecule has 1 aliphatic rings. The van der Waals surface area contributed by atoms with E-state index in [2.05, 4.69) is 19.2 Å². The van der Waals surface area contributed by atoms with Gasteiger partial charge in [0.15, 0.2) is 0 Å². The Kier molecular flexibility index (Phi) is 5.53. The Morgan fingerprint density at radius 2 is 2.05 bits per heavy atom. The van der Waals surface area contributed by atoms with Gasteiger partial charge in [-0.05, 0) is 56.3 Å². The van der Waals surface area contributed by atoms with Crippen LogP contribution in [0.1, 0.15) is 45.1 Å². The summed E-state index contributed by atoms with van der Waals surface area (Å²) in [6.07, 6.45) is 5.34. The average Bonchev–Trinajstić information content (AvgIpc) is 2.85. The maximum atomic E-state index is 6.12.